The first-order valence-corrected chi connectivity index (χ1v) is 9.27. The first kappa shape index (κ1) is 16.2. The van der Waals surface area contributed by atoms with Gasteiger partial charge in [0.2, 0.25) is 0 Å². The van der Waals surface area contributed by atoms with Gasteiger partial charge in [0.1, 0.15) is 11.6 Å². The summed E-state index contributed by atoms with van der Waals surface area (Å²) in [6.07, 6.45) is 8.43. The molecule has 3 aliphatic rings. The molecule has 0 bridgehead atoms. The van der Waals surface area contributed by atoms with E-state index in [9.17, 15) is 9.59 Å². The minimum absolute atomic E-state index is 0.195. The summed E-state index contributed by atoms with van der Waals surface area (Å²) in [6.45, 7) is 8.96. The monoisotopic (exact) mass is 304 g/mol. The largest absolute Gasteiger partial charge is 0.300 e. The third kappa shape index (κ3) is 2.47. The van der Waals surface area contributed by atoms with Gasteiger partial charge in [-0.25, -0.2) is 0 Å². The van der Waals surface area contributed by atoms with Crippen LogP contribution in [0, 0.1) is 34.5 Å². The lowest BCUT2D eigenvalue weighted by Gasteiger charge is -2.60. The Kier molecular flexibility index (Phi) is 4.02. The second kappa shape index (κ2) is 5.46. The van der Waals surface area contributed by atoms with Crippen LogP contribution in [0.1, 0.15) is 79.1 Å². The maximum Gasteiger partial charge on any atom is 0.133 e. The molecule has 3 aliphatic carbocycles. The maximum absolute atomic E-state index is 11.9. The molecule has 0 aromatic rings. The number of carbonyl (C=O) groups excluding carboxylic acids is 2. The predicted molar refractivity (Wildman–Crippen MR) is 88.5 cm³/mol. The van der Waals surface area contributed by atoms with Crippen LogP contribution in [0.15, 0.2) is 0 Å². The van der Waals surface area contributed by atoms with Crippen LogP contribution < -0.4 is 0 Å². The van der Waals surface area contributed by atoms with Crippen LogP contribution in [-0.2, 0) is 9.59 Å². The molecule has 0 spiro atoms. The van der Waals surface area contributed by atoms with Gasteiger partial charge in [0.25, 0.3) is 0 Å². The van der Waals surface area contributed by atoms with Crippen LogP contribution in [0.25, 0.3) is 0 Å². The highest BCUT2D eigenvalue weighted by Gasteiger charge is 2.55. The molecule has 0 amide bonds. The number of fused-ring (bicyclic) bond motifs is 3. The lowest BCUT2D eigenvalue weighted by atomic mass is 9.45. The smallest absolute Gasteiger partial charge is 0.133 e. The van der Waals surface area contributed by atoms with E-state index >= 15 is 0 Å². The van der Waals surface area contributed by atoms with E-state index in [0.29, 0.717) is 28.8 Å². The second-order valence-corrected chi connectivity index (χ2v) is 9.15. The fourth-order valence-electron chi connectivity index (χ4n) is 6.42. The zero-order chi connectivity index (χ0) is 16.1. The molecule has 2 heteroatoms. The van der Waals surface area contributed by atoms with Crippen molar-refractivity contribution < 1.29 is 9.59 Å². The third-order valence-electron chi connectivity index (χ3n) is 7.98. The van der Waals surface area contributed by atoms with Crippen molar-refractivity contribution in [2.24, 2.45) is 34.5 Å². The minimum atomic E-state index is 0.195. The van der Waals surface area contributed by atoms with E-state index in [2.05, 4.69) is 20.8 Å². The van der Waals surface area contributed by atoms with Crippen LogP contribution in [0.3, 0.4) is 0 Å². The number of hydrogen-bond donors (Lipinski definition) is 0. The summed E-state index contributed by atoms with van der Waals surface area (Å²) >= 11 is 0. The van der Waals surface area contributed by atoms with E-state index < -0.39 is 0 Å². The van der Waals surface area contributed by atoms with Gasteiger partial charge in [0.15, 0.2) is 0 Å². The molecular formula is C20H32O2. The number of rotatable bonds is 2. The van der Waals surface area contributed by atoms with Gasteiger partial charge in [0.05, 0.1) is 0 Å². The Morgan fingerprint density at radius 1 is 1.18 bits per heavy atom. The summed E-state index contributed by atoms with van der Waals surface area (Å²) < 4.78 is 0. The molecular weight excluding hydrogens is 272 g/mol. The molecule has 0 radical (unpaired) electrons. The number of Topliss-reactive ketones (excluding diaryl/α,β-unsaturated/α-hetero) is 2. The van der Waals surface area contributed by atoms with Gasteiger partial charge in [-0.3, -0.25) is 4.79 Å². The van der Waals surface area contributed by atoms with Crippen LogP contribution in [0.4, 0.5) is 0 Å². The molecule has 0 N–H and O–H groups in total. The van der Waals surface area contributed by atoms with Crippen molar-refractivity contribution in [3.05, 3.63) is 0 Å². The lowest BCUT2D eigenvalue weighted by molar-refractivity contribution is -0.141. The van der Waals surface area contributed by atoms with Gasteiger partial charge in [-0.15, -0.1) is 0 Å². The zero-order valence-electron chi connectivity index (χ0n) is 14.8. The van der Waals surface area contributed by atoms with E-state index in [1.807, 2.05) is 0 Å². The topological polar surface area (TPSA) is 34.1 Å². The molecule has 3 fully saturated rings. The van der Waals surface area contributed by atoms with Crippen LogP contribution in [0.5, 0.6) is 0 Å². The second-order valence-electron chi connectivity index (χ2n) is 9.15. The van der Waals surface area contributed by atoms with E-state index in [0.717, 1.165) is 37.5 Å². The SMILES string of the molecule is CC(=O)C[C@@]1(C)CC[C@H]2[C@@H](CC[C@H]3CC(=O)CC[C@@]32C)[C@@H]1C. The lowest BCUT2D eigenvalue weighted by Crippen LogP contribution is -2.53. The Morgan fingerprint density at radius 2 is 1.91 bits per heavy atom. The highest BCUT2D eigenvalue weighted by molar-refractivity contribution is 5.79. The summed E-state index contributed by atoms with van der Waals surface area (Å²) in [5.74, 6) is 3.62. The van der Waals surface area contributed by atoms with Crippen molar-refractivity contribution in [3.8, 4) is 0 Å². The van der Waals surface area contributed by atoms with Crippen molar-refractivity contribution in [2.45, 2.75) is 79.1 Å². The van der Waals surface area contributed by atoms with Crippen molar-refractivity contribution in [3.63, 3.8) is 0 Å². The van der Waals surface area contributed by atoms with Gasteiger partial charge in [-0.2, -0.15) is 0 Å². The Morgan fingerprint density at radius 3 is 2.59 bits per heavy atom. The van der Waals surface area contributed by atoms with Crippen molar-refractivity contribution in [2.75, 3.05) is 0 Å². The van der Waals surface area contributed by atoms with Gasteiger partial charge >= 0.3 is 0 Å². The standard InChI is InChI=1S/C20H32O2/c1-13(21)12-19(3)9-8-18-17(14(19)2)6-5-15-11-16(22)7-10-20(15,18)4/h14-15,17-18H,5-12H2,1-4H3/t14-,15-,17-,18-,19+,20-/m0/s1. The quantitative estimate of drug-likeness (QED) is 0.734. The Bertz CT molecular complexity index is 482. The first-order valence-electron chi connectivity index (χ1n) is 9.27. The van der Waals surface area contributed by atoms with Crippen molar-refractivity contribution in [1.29, 1.82) is 0 Å². The van der Waals surface area contributed by atoms with Crippen molar-refractivity contribution >= 4 is 11.6 Å². The molecule has 6 atom stereocenters. The van der Waals surface area contributed by atoms with E-state index in [4.69, 9.17) is 0 Å². The molecule has 0 aromatic heterocycles. The minimum Gasteiger partial charge on any atom is -0.300 e. The molecule has 0 heterocycles. The van der Waals surface area contributed by atoms with Crippen LogP contribution in [-0.4, -0.2) is 11.6 Å². The highest BCUT2D eigenvalue weighted by Crippen LogP contribution is 2.63. The summed E-state index contributed by atoms with van der Waals surface area (Å²) in [5, 5.41) is 0. The number of carbonyl (C=O) groups is 2. The molecule has 3 rings (SSSR count). The Balaban J connectivity index is 1.83. The van der Waals surface area contributed by atoms with Gasteiger partial charge in [0, 0.05) is 19.3 Å². The fraction of sp³-hybridized carbons (Fsp3) is 0.900. The van der Waals surface area contributed by atoms with Crippen LogP contribution in [0.2, 0.25) is 0 Å². The normalized spacial score (nSPS) is 48.5. The summed E-state index contributed by atoms with van der Waals surface area (Å²) in [7, 11) is 0. The molecule has 124 valence electrons. The zero-order valence-corrected chi connectivity index (χ0v) is 14.8. The number of ketones is 2. The van der Waals surface area contributed by atoms with Gasteiger partial charge in [-0.05, 0) is 73.5 Å². The van der Waals surface area contributed by atoms with Crippen LogP contribution >= 0.6 is 0 Å². The van der Waals surface area contributed by atoms with Crippen molar-refractivity contribution in [1.82, 2.24) is 0 Å². The summed E-state index contributed by atoms with van der Waals surface area (Å²) in [4.78, 5) is 23.6. The van der Waals surface area contributed by atoms with Gasteiger partial charge < -0.3 is 4.79 Å². The average Bonchev–Trinajstić information content (AvgIpc) is 2.43. The summed E-state index contributed by atoms with van der Waals surface area (Å²) in [5.41, 5.74) is 0.573. The molecule has 0 unspecified atom stereocenters. The average molecular weight is 304 g/mol. The molecule has 0 saturated heterocycles. The first-order chi connectivity index (χ1) is 10.3. The molecule has 3 saturated carbocycles. The maximum atomic E-state index is 11.9. The highest BCUT2D eigenvalue weighted by atomic mass is 16.1. The predicted octanol–water partition coefficient (Wildman–Crippen LogP) is 4.80. The summed E-state index contributed by atoms with van der Waals surface area (Å²) in [6, 6.07) is 0. The third-order valence-corrected chi connectivity index (χ3v) is 7.98. The van der Waals surface area contributed by atoms with E-state index in [1.54, 1.807) is 6.92 Å². The fourth-order valence-corrected chi connectivity index (χ4v) is 6.42. The van der Waals surface area contributed by atoms with Gasteiger partial charge in [-0.1, -0.05) is 20.8 Å². The molecule has 0 aliphatic heterocycles. The molecule has 22 heavy (non-hydrogen) atoms. The van der Waals surface area contributed by atoms with E-state index in [-0.39, 0.29) is 5.41 Å². The molecule has 0 aromatic carbocycles. The Hall–Kier alpha value is -0.660. The Labute approximate surface area is 135 Å². The van der Waals surface area contributed by atoms with E-state index in [1.165, 1.54) is 25.7 Å². The molecule has 2 nitrogen and oxygen atoms in total. The number of hydrogen-bond acceptors (Lipinski definition) is 2.